The van der Waals surface area contributed by atoms with Crippen molar-refractivity contribution in [3.8, 4) is 5.75 Å². The summed E-state index contributed by atoms with van der Waals surface area (Å²) in [5.41, 5.74) is 0.619. The fourth-order valence-electron chi connectivity index (χ4n) is 9.54. The summed E-state index contributed by atoms with van der Waals surface area (Å²) in [6, 6.07) is 19.7. The van der Waals surface area contributed by atoms with Gasteiger partial charge in [-0.1, -0.05) is 85.0 Å². The second-order valence-electron chi connectivity index (χ2n) is 13.6. The van der Waals surface area contributed by atoms with E-state index >= 15 is 9.18 Å². The van der Waals surface area contributed by atoms with Gasteiger partial charge in [0.25, 0.3) is 0 Å². The third-order valence-corrected chi connectivity index (χ3v) is 11.7. The third kappa shape index (κ3) is 4.30. The molecule has 3 aliphatic carbocycles. The molecule has 0 radical (unpaired) electrons. The van der Waals surface area contributed by atoms with Crippen molar-refractivity contribution in [1.29, 1.82) is 0 Å². The Morgan fingerprint density at radius 2 is 1.60 bits per heavy atom. The van der Waals surface area contributed by atoms with Crippen LogP contribution in [-0.4, -0.2) is 39.7 Å². The van der Waals surface area contributed by atoms with Crippen molar-refractivity contribution in [1.82, 2.24) is 4.90 Å². The molecule has 47 heavy (non-hydrogen) atoms. The molecule has 0 spiro atoms. The molecule has 9 heteroatoms. The molecule has 1 N–H and O–H groups in total. The molecule has 4 fully saturated rings. The van der Waals surface area contributed by atoms with Gasteiger partial charge in [0.2, 0.25) is 23.6 Å². The second kappa shape index (κ2) is 11.2. The fraction of sp³-hybridized carbons (Fsp3) is 0.368. The average molecular weight is 653 g/mol. The Kier molecular flexibility index (Phi) is 7.13. The Bertz CT molecular complexity index is 1860. The predicted molar refractivity (Wildman–Crippen MR) is 173 cm³/mol. The van der Waals surface area contributed by atoms with Gasteiger partial charge >= 0.3 is 0 Å². The number of rotatable bonds is 4. The van der Waals surface area contributed by atoms with Crippen molar-refractivity contribution in [2.75, 3.05) is 4.90 Å². The number of phenolic OH excluding ortho intramolecular Hbond substituents is 1. The first-order valence-corrected chi connectivity index (χ1v) is 16.9. The van der Waals surface area contributed by atoms with E-state index in [2.05, 4.69) is 0 Å². The Morgan fingerprint density at radius 1 is 0.830 bits per heavy atom. The maximum Gasteiger partial charge on any atom is 0.246 e. The third-order valence-electron chi connectivity index (χ3n) is 11.4. The van der Waals surface area contributed by atoms with Gasteiger partial charge in [0, 0.05) is 17.0 Å². The lowest BCUT2D eigenvalue weighted by molar-refractivity contribution is -0.143. The molecule has 4 amide bonds. The number of hydrogen-bond donors (Lipinski definition) is 1. The second-order valence-corrected chi connectivity index (χ2v) is 14.1. The first-order valence-electron chi connectivity index (χ1n) is 16.5. The van der Waals surface area contributed by atoms with Gasteiger partial charge in [-0.25, -0.2) is 9.29 Å². The average Bonchev–Trinajstić information content (AvgIpc) is 3.47. The highest BCUT2D eigenvalue weighted by Gasteiger charge is 2.70. The van der Waals surface area contributed by atoms with E-state index < -0.39 is 58.4 Å². The summed E-state index contributed by atoms with van der Waals surface area (Å²) in [6.07, 6.45) is 7.07. The first kappa shape index (κ1) is 30.1. The van der Waals surface area contributed by atoms with Crippen LogP contribution in [0.5, 0.6) is 5.75 Å². The zero-order valence-corrected chi connectivity index (χ0v) is 26.4. The summed E-state index contributed by atoms with van der Waals surface area (Å²) < 4.78 is 15.2. The quantitative estimate of drug-likeness (QED) is 0.251. The Hall–Kier alpha value is -4.30. The number of halogens is 2. The van der Waals surface area contributed by atoms with E-state index in [1.165, 1.54) is 21.9 Å². The van der Waals surface area contributed by atoms with Crippen LogP contribution in [-0.2, 0) is 24.6 Å². The highest BCUT2D eigenvalue weighted by molar-refractivity contribution is 6.32. The lowest BCUT2D eigenvalue weighted by Gasteiger charge is -2.50. The number of phenols is 1. The number of hydrogen-bond acceptors (Lipinski definition) is 5. The standard InChI is InChI=1S/C38H34ClFN2O5/c39-23-10-7-13-25(19-23)42-35(45)29-20-28-26(15-16-27-32(28)36(46)41(34(27)44)24-11-5-2-6-12-24)33(21-14-17-31(43)30(40)18-21)38(29,37(42)47)22-8-3-1-4-9-22/h1,3-4,7-10,13-15,17-19,24,27-29,32-33,43H,2,5-6,11-12,16,20H2. The van der Waals surface area contributed by atoms with E-state index in [9.17, 15) is 19.5 Å². The van der Waals surface area contributed by atoms with Crippen LogP contribution in [0.25, 0.3) is 0 Å². The van der Waals surface area contributed by atoms with E-state index in [4.69, 9.17) is 11.6 Å². The Labute approximate surface area is 277 Å². The maximum atomic E-state index is 15.2. The molecule has 2 heterocycles. The molecular weight excluding hydrogens is 619 g/mol. The zero-order valence-electron chi connectivity index (χ0n) is 25.6. The number of imide groups is 2. The van der Waals surface area contributed by atoms with E-state index in [1.54, 1.807) is 30.3 Å². The van der Waals surface area contributed by atoms with Crippen LogP contribution >= 0.6 is 11.6 Å². The SMILES string of the molecule is O=C1C2CC3C(=CCC4C(=O)N(C5CCCCC5)C(=O)C43)C(c3ccc(O)c(F)c3)C2(c2ccccc2)C(=O)N1c1cccc(Cl)c1. The Balaban J connectivity index is 1.34. The number of carbonyl (C=O) groups is 4. The van der Waals surface area contributed by atoms with Crippen LogP contribution in [0.15, 0.2) is 84.4 Å². The molecule has 2 aliphatic heterocycles. The zero-order chi connectivity index (χ0) is 32.6. The maximum absolute atomic E-state index is 15.2. The summed E-state index contributed by atoms with van der Waals surface area (Å²) in [5, 5.41) is 10.5. The highest BCUT2D eigenvalue weighted by atomic mass is 35.5. The summed E-state index contributed by atoms with van der Waals surface area (Å²) in [4.78, 5) is 60.9. The number of allylic oxidation sites excluding steroid dienone is 2. The molecule has 5 aliphatic rings. The molecule has 3 aromatic carbocycles. The number of anilines is 1. The van der Waals surface area contributed by atoms with E-state index in [0.29, 0.717) is 28.3 Å². The number of amides is 4. The lowest BCUT2D eigenvalue weighted by Crippen LogP contribution is -2.53. The number of benzene rings is 3. The summed E-state index contributed by atoms with van der Waals surface area (Å²) in [5.74, 6) is -6.12. The lowest BCUT2D eigenvalue weighted by atomic mass is 9.49. The van der Waals surface area contributed by atoms with Gasteiger partial charge in [0.1, 0.15) is 0 Å². The number of aromatic hydroxyl groups is 1. The van der Waals surface area contributed by atoms with Gasteiger partial charge in [0.15, 0.2) is 11.6 Å². The smallest absolute Gasteiger partial charge is 0.246 e. The summed E-state index contributed by atoms with van der Waals surface area (Å²) in [6.45, 7) is 0. The van der Waals surface area contributed by atoms with Gasteiger partial charge in [0.05, 0.1) is 28.9 Å². The molecule has 3 aromatic rings. The molecule has 6 unspecified atom stereocenters. The molecule has 0 aromatic heterocycles. The van der Waals surface area contributed by atoms with Gasteiger partial charge < -0.3 is 5.11 Å². The van der Waals surface area contributed by atoms with Crippen molar-refractivity contribution in [3.05, 3.63) is 106 Å². The van der Waals surface area contributed by atoms with Crippen molar-refractivity contribution in [3.63, 3.8) is 0 Å². The van der Waals surface area contributed by atoms with E-state index in [1.807, 2.05) is 36.4 Å². The predicted octanol–water partition coefficient (Wildman–Crippen LogP) is 6.68. The summed E-state index contributed by atoms with van der Waals surface area (Å²) >= 11 is 6.35. The van der Waals surface area contributed by atoms with E-state index in [0.717, 1.165) is 37.7 Å². The van der Waals surface area contributed by atoms with Crippen LogP contribution in [0, 0.1) is 29.5 Å². The minimum absolute atomic E-state index is 0.125. The molecule has 2 saturated heterocycles. The van der Waals surface area contributed by atoms with Crippen LogP contribution < -0.4 is 4.90 Å². The monoisotopic (exact) mass is 652 g/mol. The van der Waals surface area contributed by atoms with Crippen molar-refractivity contribution in [2.45, 2.75) is 62.3 Å². The topological polar surface area (TPSA) is 95.0 Å². The molecule has 6 atom stereocenters. The van der Waals surface area contributed by atoms with Crippen LogP contribution in [0.2, 0.25) is 5.02 Å². The number of carbonyl (C=O) groups excluding carboxylic acids is 4. The molecule has 0 bridgehead atoms. The fourth-order valence-corrected chi connectivity index (χ4v) is 9.73. The van der Waals surface area contributed by atoms with Gasteiger partial charge in [-0.05, 0) is 73.1 Å². The number of likely N-dealkylation sites (tertiary alicyclic amines) is 1. The molecule has 2 saturated carbocycles. The number of fused-ring (bicyclic) bond motifs is 4. The van der Waals surface area contributed by atoms with Gasteiger partial charge in [-0.3, -0.25) is 24.1 Å². The molecule has 8 rings (SSSR count). The van der Waals surface area contributed by atoms with Crippen LogP contribution in [0.3, 0.4) is 0 Å². The molecule has 7 nitrogen and oxygen atoms in total. The van der Waals surface area contributed by atoms with Crippen molar-refractivity contribution < 1.29 is 28.7 Å². The van der Waals surface area contributed by atoms with E-state index in [-0.39, 0.29) is 24.3 Å². The number of nitrogens with zero attached hydrogens (tertiary/aromatic N) is 2. The summed E-state index contributed by atoms with van der Waals surface area (Å²) in [7, 11) is 0. The van der Waals surface area contributed by atoms with Crippen LogP contribution in [0.4, 0.5) is 10.1 Å². The van der Waals surface area contributed by atoms with Gasteiger partial charge in [-0.15, -0.1) is 0 Å². The van der Waals surface area contributed by atoms with Crippen molar-refractivity contribution >= 4 is 40.9 Å². The normalized spacial score (nSPS) is 30.7. The van der Waals surface area contributed by atoms with Crippen molar-refractivity contribution in [2.24, 2.45) is 23.7 Å². The minimum atomic E-state index is -1.49. The Morgan fingerprint density at radius 3 is 2.32 bits per heavy atom. The molecule has 240 valence electrons. The minimum Gasteiger partial charge on any atom is -0.505 e. The van der Waals surface area contributed by atoms with Crippen LogP contribution in [0.1, 0.15) is 62.0 Å². The highest BCUT2D eigenvalue weighted by Crippen LogP contribution is 2.64. The first-order chi connectivity index (χ1) is 22.7. The largest absolute Gasteiger partial charge is 0.505 e. The van der Waals surface area contributed by atoms with Gasteiger partial charge in [-0.2, -0.15) is 0 Å². The molecular formula is C38H34ClFN2O5.